The number of halogens is 1. The Bertz CT molecular complexity index is 747. The summed E-state index contributed by atoms with van der Waals surface area (Å²) in [5, 5.41) is 13.5. The van der Waals surface area contributed by atoms with Crippen LogP contribution in [0.5, 0.6) is 5.75 Å². The normalized spacial score (nSPS) is 11.6. The fourth-order valence-electron chi connectivity index (χ4n) is 2.04. The Kier molecular flexibility index (Phi) is 5.76. The predicted octanol–water partition coefficient (Wildman–Crippen LogP) is 4.22. The Hall–Kier alpha value is -2.60. The summed E-state index contributed by atoms with van der Waals surface area (Å²) in [6, 6.07) is 11.5. The van der Waals surface area contributed by atoms with Crippen molar-refractivity contribution in [2.75, 3.05) is 5.32 Å². The molecule has 0 heterocycles. The second-order valence-corrected chi connectivity index (χ2v) is 5.58. The summed E-state index contributed by atoms with van der Waals surface area (Å²) in [5.41, 5.74) is 1.19. The summed E-state index contributed by atoms with van der Waals surface area (Å²) in [4.78, 5) is 22.4. The quantitative estimate of drug-likeness (QED) is 0.626. The average molecular weight is 349 g/mol. The minimum Gasteiger partial charge on any atom is -0.481 e. The molecular formula is C17H17ClN2O4. The molecular weight excluding hydrogens is 332 g/mol. The van der Waals surface area contributed by atoms with Gasteiger partial charge < -0.3 is 10.1 Å². The van der Waals surface area contributed by atoms with Gasteiger partial charge in [-0.25, -0.2) is 0 Å². The van der Waals surface area contributed by atoms with Crippen LogP contribution < -0.4 is 10.1 Å². The Morgan fingerprint density at radius 2 is 1.96 bits per heavy atom. The van der Waals surface area contributed by atoms with E-state index in [-0.39, 0.29) is 16.4 Å². The number of anilines is 1. The van der Waals surface area contributed by atoms with Crippen LogP contribution in [0.25, 0.3) is 0 Å². The lowest BCUT2D eigenvalue weighted by atomic mass is 10.2. The lowest BCUT2D eigenvalue weighted by Crippen LogP contribution is -2.30. The molecule has 126 valence electrons. The van der Waals surface area contributed by atoms with Crippen molar-refractivity contribution in [3.63, 3.8) is 0 Å². The first-order valence-electron chi connectivity index (χ1n) is 7.41. The van der Waals surface area contributed by atoms with Gasteiger partial charge in [-0.1, -0.05) is 30.7 Å². The monoisotopic (exact) mass is 348 g/mol. The van der Waals surface area contributed by atoms with Crippen LogP contribution in [0.3, 0.4) is 0 Å². The van der Waals surface area contributed by atoms with Crippen molar-refractivity contribution in [1.29, 1.82) is 0 Å². The topological polar surface area (TPSA) is 81.5 Å². The molecule has 0 saturated carbocycles. The SMILES string of the molecule is CCc1ccc(OC(C)C(=O)Nc2ccc(Cl)c([N+](=O)[O-])c2)cc1. The van der Waals surface area contributed by atoms with Crippen LogP contribution in [0.15, 0.2) is 42.5 Å². The Morgan fingerprint density at radius 1 is 1.29 bits per heavy atom. The van der Waals surface area contributed by atoms with E-state index in [0.717, 1.165) is 6.42 Å². The molecule has 7 heteroatoms. The number of carbonyl (C=O) groups excluding carboxylic acids is 1. The zero-order valence-electron chi connectivity index (χ0n) is 13.3. The summed E-state index contributed by atoms with van der Waals surface area (Å²) in [6.07, 6.45) is 0.165. The Morgan fingerprint density at radius 3 is 2.54 bits per heavy atom. The molecule has 1 N–H and O–H groups in total. The maximum atomic E-state index is 12.2. The van der Waals surface area contributed by atoms with E-state index < -0.39 is 16.9 Å². The van der Waals surface area contributed by atoms with Crippen LogP contribution in [0.2, 0.25) is 5.02 Å². The summed E-state index contributed by atoms with van der Waals surface area (Å²) in [5.74, 6) is 0.170. The Labute approximate surface area is 144 Å². The molecule has 1 unspecified atom stereocenters. The largest absolute Gasteiger partial charge is 0.481 e. The lowest BCUT2D eigenvalue weighted by Gasteiger charge is -2.15. The molecule has 0 fully saturated rings. The average Bonchev–Trinajstić information content (AvgIpc) is 2.57. The van der Waals surface area contributed by atoms with Crippen molar-refractivity contribution in [3.05, 3.63) is 63.2 Å². The fourth-order valence-corrected chi connectivity index (χ4v) is 2.22. The highest BCUT2D eigenvalue weighted by atomic mass is 35.5. The number of carbonyl (C=O) groups is 1. The van der Waals surface area contributed by atoms with E-state index in [4.69, 9.17) is 16.3 Å². The van der Waals surface area contributed by atoms with Crippen molar-refractivity contribution in [2.24, 2.45) is 0 Å². The molecule has 0 radical (unpaired) electrons. The zero-order valence-corrected chi connectivity index (χ0v) is 14.0. The number of rotatable bonds is 6. The van der Waals surface area contributed by atoms with Crippen molar-refractivity contribution in [1.82, 2.24) is 0 Å². The van der Waals surface area contributed by atoms with Crippen LogP contribution in [-0.2, 0) is 11.2 Å². The minimum atomic E-state index is -0.757. The van der Waals surface area contributed by atoms with Gasteiger partial charge in [0, 0.05) is 11.8 Å². The third kappa shape index (κ3) is 4.45. The zero-order chi connectivity index (χ0) is 17.7. The van der Waals surface area contributed by atoms with Crippen LogP contribution in [0.1, 0.15) is 19.4 Å². The highest BCUT2D eigenvalue weighted by Gasteiger charge is 2.18. The minimum absolute atomic E-state index is 0.0123. The molecule has 2 rings (SSSR count). The van der Waals surface area contributed by atoms with Crippen molar-refractivity contribution < 1.29 is 14.5 Å². The number of nitro groups is 1. The molecule has 0 aliphatic carbocycles. The van der Waals surface area contributed by atoms with Gasteiger partial charge in [0.15, 0.2) is 6.10 Å². The molecule has 0 spiro atoms. The smallest absolute Gasteiger partial charge is 0.289 e. The Balaban J connectivity index is 2.03. The van der Waals surface area contributed by atoms with E-state index in [1.165, 1.54) is 23.8 Å². The summed E-state index contributed by atoms with van der Waals surface area (Å²) >= 11 is 5.74. The lowest BCUT2D eigenvalue weighted by molar-refractivity contribution is -0.384. The molecule has 1 atom stereocenters. The highest BCUT2D eigenvalue weighted by Crippen LogP contribution is 2.27. The maximum absolute atomic E-state index is 12.2. The molecule has 0 aromatic heterocycles. The molecule has 24 heavy (non-hydrogen) atoms. The molecule has 2 aromatic carbocycles. The van der Waals surface area contributed by atoms with Crippen molar-refractivity contribution in [2.45, 2.75) is 26.4 Å². The van der Waals surface area contributed by atoms with Crippen LogP contribution in [-0.4, -0.2) is 16.9 Å². The molecule has 2 aromatic rings. The van der Waals surface area contributed by atoms with Crippen LogP contribution in [0.4, 0.5) is 11.4 Å². The molecule has 0 saturated heterocycles. The van der Waals surface area contributed by atoms with Crippen molar-refractivity contribution >= 4 is 28.9 Å². The van der Waals surface area contributed by atoms with Gasteiger partial charge in [-0.3, -0.25) is 14.9 Å². The van der Waals surface area contributed by atoms with E-state index >= 15 is 0 Å². The van der Waals surface area contributed by atoms with Crippen LogP contribution >= 0.6 is 11.6 Å². The highest BCUT2D eigenvalue weighted by molar-refractivity contribution is 6.32. The molecule has 6 nitrogen and oxygen atoms in total. The number of amides is 1. The molecule has 0 bridgehead atoms. The second kappa shape index (κ2) is 7.79. The first-order valence-corrected chi connectivity index (χ1v) is 7.79. The summed E-state index contributed by atoms with van der Waals surface area (Å²) < 4.78 is 5.58. The van der Waals surface area contributed by atoms with Gasteiger partial charge in [-0.05, 0) is 43.2 Å². The van der Waals surface area contributed by atoms with E-state index in [0.29, 0.717) is 5.75 Å². The first-order chi connectivity index (χ1) is 11.4. The number of aryl methyl sites for hydroxylation is 1. The maximum Gasteiger partial charge on any atom is 0.289 e. The van der Waals surface area contributed by atoms with Gasteiger partial charge in [-0.2, -0.15) is 0 Å². The van der Waals surface area contributed by atoms with Gasteiger partial charge >= 0.3 is 0 Å². The molecule has 0 aliphatic heterocycles. The summed E-state index contributed by atoms with van der Waals surface area (Å²) in [7, 11) is 0. The summed E-state index contributed by atoms with van der Waals surface area (Å²) in [6.45, 7) is 3.66. The number of nitrogens with zero attached hydrogens (tertiary/aromatic N) is 1. The third-order valence-electron chi connectivity index (χ3n) is 3.42. The molecule has 0 aliphatic rings. The standard InChI is InChI=1S/C17H17ClN2O4/c1-3-12-4-7-14(8-5-12)24-11(2)17(21)19-13-6-9-15(18)16(10-13)20(22)23/h4-11H,3H2,1-2H3,(H,19,21). The second-order valence-electron chi connectivity index (χ2n) is 5.17. The van der Waals surface area contributed by atoms with E-state index in [1.807, 2.05) is 12.1 Å². The third-order valence-corrected chi connectivity index (χ3v) is 3.74. The number of nitro benzene ring substituents is 1. The van der Waals surface area contributed by atoms with Crippen molar-refractivity contribution in [3.8, 4) is 5.75 Å². The van der Waals surface area contributed by atoms with E-state index in [1.54, 1.807) is 19.1 Å². The number of hydrogen-bond acceptors (Lipinski definition) is 4. The molecule has 1 amide bonds. The number of benzene rings is 2. The van der Waals surface area contributed by atoms with E-state index in [9.17, 15) is 14.9 Å². The number of hydrogen-bond donors (Lipinski definition) is 1. The van der Waals surface area contributed by atoms with Gasteiger partial charge in [0.2, 0.25) is 0 Å². The van der Waals surface area contributed by atoms with Crippen LogP contribution in [0, 0.1) is 10.1 Å². The first kappa shape index (κ1) is 17.7. The van der Waals surface area contributed by atoms with Gasteiger partial charge in [0.05, 0.1) is 4.92 Å². The van der Waals surface area contributed by atoms with Gasteiger partial charge in [0.25, 0.3) is 11.6 Å². The predicted molar refractivity (Wildman–Crippen MR) is 92.6 cm³/mol. The van der Waals surface area contributed by atoms with Gasteiger partial charge in [-0.15, -0.1) is 0 Å². The number of nitrogens with one attached hydrogen (secondary N) is 1. The number of ether oxygens (including phenoxy) is 1. The van der Waals surface area contributed by atoms with E-state index in [2.05, 4.69) is 12.2 Å². The van der Waals surface area contributed by atoms with Gasteiger partial charge in [0.1, 0.15) is 10.8 Å². The fraction of sp³-hybridized carbons (Fsp3) is 0.235.